The Balaban J connectivity index is 2.40. The molecule has 0 radical (unpaired) electrons. The standard InChI is InChI=1S/C14H11N3O3/c1-19-14(18)10-6-7-17-13(12(10)16)20-11-5-3-2-4-9(11)8-15/h2-7H,16H2,1H3. The first-order chi connectivity index (χ1) is 9.67. The number of ether oxygens (including phenoxy) is 2. The number of benzene rings is 1. The molecule has 2 N–H and O–H groups in total. The number of methoxy groups -OCH3 is 1. The van der Waals surface area contributed by atoms with Crippen LogP contribution in [0.25, 0.3) is 0 Å². The van der Waals surface area contributed by atoms with Crippen molar-refractivity contribution in [3.8, 4) is 17.7 Å². The molecule has 1 aromatic heterocycles. The number of carbonyl (C=O) groups excluding carboxylic acids is 1. The van der Waals surface area contributed by atoms with E-state index in [0.717, 1.165) is 0 Å². The third-order valence-corrected chi connectivity index (χ3v) is 2.57. The first kappa shape index (κ1) is 13.4. The Hall–Kier alpha value is -3.07. The summed E-state index contributed by atoms with van der Waals surface area (Å²) in [6.45, 7) is 0. The lowest BCUT2D eigenvalue weighted by Crippen LogP contribution is -2.07. The molecule has 6 heteroatoms. The van der Waals surface area contributed by atoms with Gasteiger partial charge in [-0.3, -0.25) is 0 Å². The summed E-state index contributed by atoms with van der Waals surface area (Å²) in [6, 6.07) is 10.1. The highest BCUT2D eigenvalue weighted by Crippen LogP contribution is 2.29. The van der Waals surface area contributed by atoms with Gasteiger partial charge >= 0.3 is 5.97 Å². The molecule has 0 spiro atoms. The van der Waals surface area contributed by atoms with Crippen LogP contribution in [0.3, 0.4) is 0 Å². The Morgan fingerprint density at radius 2 is 2.10 bits per heavy atom. The zero-order valence-corrected chi connectivity index (χ0v) is 10.7. The van der Waals surface area contributed by atoms with Crippen LogP contribution in [-0.4, -0.2) is 18.1 Å². The molecule has 0 saturated heterocycles. The molecular weight excluding hydrogens is 258 g/mol. The Morgan fingerprint density at radius 3 is 2.80 bits per heavy atom. The Labute approximate surface area is 115 Å². The maximum absolute atomic E-state index is 11.5. The molecule has 0 fully saturated rings. The maximum Gasteiger partial charge on any atom is 0.340 e. The van der Waals surface area contributed by atoms with E-state index in [4.69, 9.17) is 15.7 Å². The predicted molar refractivity (Wildman–Crippen MR) is 71.2 cm³/mol. The van der Waals surface area contributed by atoms with Gasteiger partial charge in [0, 0.05) is 6.20 Å². The minimum Gasteiger partial charge on any atom is -0.465 e. The summed E-state index contributed by atoms with van der Waals surface area (Å²) >= 11 is 0. The molecule has 0 aliphatic rings. The van der Waals surface area contributed by atoms with Gasteiger partial charge in [-0.15, -0.1) is 0 Å². The second-order valence-electron chi connectivity index (χ2n) is 3.78. The molecule has 0 unspecified atom stereocenters. The Morgan fingerprint density at radius 1 is 1.35 bits per heavy atom. The number of hydrogen-bond acceptors (Lipinski definition) is 6. The van der Waals surface area contributed by atoms with Crippen molar-refractivity contribution < 1.29 is 14.3 Å². The van der Waals surface area contributed by atoms with Crippen LogP contribution in [0.2, 0.25) is 0 Å². The quantitative estimate of drug-likeness (QED) is 0.857. The number of pyridine rings is 1. The van der Waals surface area contributed by atoms with Gasteiger partial charge in [0.1, 0.15) is 17.5 Å². The van der Waals surface area contributed by atoms with E-state index in [9.17, 15) is 4.79 Å². The lowest BCUT2D eigenvalue weighted by atomic mass is 10.2. The first-order valence-electron chi connectivity index (χ1n) is 5.67. The second kappa shape index (κ2) is 5.71. The molecule has 0 saturated carbocycles. The van der Waals surface area contributed by atoms with Crippen LogP contribution in [0, 0.1) is 11.3 Å². The number of nitrogen functional groups attached to an aromatic ring is 1. The SMILES string of the molecule is COC(=O)c1ccnc(Oc2ccccc2C#N)c1N. The van der Waals surface area contributed by atoms with E-state index in [0.29, 0.717) is 11.3 Å². The van der Waals surface area contributed by atoms with Gasteiger partial charge in [-0.05, 0) is 18.2 Å². The molecule has 0 bridgehead atoms. The number of anilines is 1. The summed E-state index contributed by atoms with van der Waals surface area (Å²) in [6.07, 6.45) is 1.38. The van der Waals surface area contributed by atoms with Gasteiger partial charge in [-0.1, -0.05) is 12.1 Å². The van der Waals surface area contributed by atoms with Crippen LogP contribution in [-0.2, 0) is 4.74 Å². The van der Waals surface area contributed by atoms with Gasteiger partial charge in [0.05, 0.1) is 18.2 Å². The highest BCUT2D eigenvalue weighted by atomic mass is 16.5. The van der Waals surface area contributed by atoms with Crippen LogP contribution in [0.4, 0.5) is 5.69 Å². The smallest absolute Gasteiger partial charge is 0.340 e. The van der Waals surface area contributed by atoms with Gasteiger partial charge < -0.3 is 15.2 Å². The van der Waals surface area contributed by atoms with E-state index in [1.165, 1.54) is 19.4 Å². The lowest BCUT2D eigenvalue weighted by Gasteiger charge is -2.10. The summed E-state index contributed by atoms with van der Waals surface area (Å²) in [7, 11) is 1.26. The first-order valence-corrected chi connectivity index (χ1v) is 5.67. The maximum atomic E-state index is 11.5. The van der Waals surface area contributed by atoms with E-state index in [2.05, 4.69) is 9.72 Å². The molecule has 1 heterocycles. The summed E-state index contributed by atoms with van der Waals surface area (Å²) in [5.74, 6) is -0.213. The number of para-hydroxylation sites is 1. The summed E-state index contributed by atoms with van der Waals surface area (Å²) in [5.41, 5.74) is 6.39. The third-order valence-electron chi connectivity index (χ3n) is 2.57. The van der Waals surface area contributed by atoms with Crippen LogP contribution in [0.1, 0.15) is 15.9 Å². The highest BCUT2D eigenvalue weighted by Gasteiger charge is 2.16. The van der Waals surface area contributed by atoms with Gasteiger partial charge in [0.2, 0.25) is 5.88 Å². The number of hydrogen-bond donors (Lipinski definition) is 1. The predicted octanol–water partition coefficient (Wildman–Crippen LogP) is 2.11. The second-order valence-corrected chi connectivity index (χ2v) is 3.78. The number of esters is 1. The zero-order valence-electron chi connectivity index (χ0n) is 10.7. The monoisotopic (exact) mass is 269 g/mol. The topological polar surface area (TPSA) is 98.2 Å². The lowest BCUT2D eigenvalue weighted by molar-refractivity contribution is 0.0601. The van der Waals surface area contributed by atoms with Crippen molar-refractivity contribution in [2.24, 2.45) is 0 Å². The average Bonchev–Trinajstić information content (AvgIpc) is 2.49. The molecule has 0 atom stereocenters. The van der Waals surface area contributed by atoms with Gasteiger partial charge in [0.15, 0.2) is 0 Å². The Kier molecular flexibility index (Phi) is 3.82. The molecule has 0 amide bonds. The summed E-state index contributed by atoms with van der Waals surface area (Å²) in [4.78, 5) is 15.5. The molecule has 2 aromatic rings. The molecule has 6 nitrogen and oxygen atoms in total. The van der Waals surface area contributed by atoms with Crippen LogP contribution < -0.4 is 10.5 Å². The average molecular weight is 269 g/mol. The number of aromatic nitrogens is 1. The number of nitrogens with two attached hydrogens (primary N) is 1. The Bertz CT molecular complexity index is 692. The van der Waals surface area contributed by atoms with Gasteiger partial charge in [-0.2, -0.15) is 5.26 Å². The normalized spacial score (nSPS) is 9.60. The highest BCUT2D eigenvalue weighted by molar-refractivity contribution is 5.96. The van der Waals surface area contributed by atoms with Gasteiger partial charge in [-0.25, -0.2) is 9.78 Å². The van der Waals surface area contributed by atoms with E-state index in [1.54, 1.807) is 24.3 Å². The summed E-state index contributed by atoms with van der Waals surface area (Å²) in [5, 5.41) is 8.99. The van der Waals surface area contributed by atoms with Crippen molar-refractivity contribution in [3.05, 3.63) is 47.7 Å². The fourth-order valence-corrected chi connectivity index (χ4v) is 1.58. The van der Waals surface area contributed by atoms with Crippen LogP contribution in [0.15, 0.2) is 36.5 Å². The van der Waals surface area contributed by atoms with Crippen molar-refractivity contribution in [1.82, 2.24) is 4.98 Å². The van der Waals surface area contributed by atoms with Crippen molar-refractivity contribution >= 4 is 11.7 Å². The van der Waals surface area contributed by atoms with E-state index >= 15 is 0 Å². The fraction of sp³-hybridized carbons (Fsp3) is 0.0714. The molecule has 0 aliphatic heterocycles. The minimum atomic E-state index is -0.580. The van der Waals surface area contributed by atoms with Gasteiger partial charge in [0.25, 0.3) is 0 Å². The van der Waals surface area contributed by atoms with Crippen molar-refractivity contribution in [2.45, 2.75) is 0 Å². The molecule has 0 aliphatic carbocycles. The summed E-state index contributed by atoms with van der Waals surface area (Å²) < 4.78 is 10.1. The number of nitrogens with zero attached hydrogens (tertiary/aromatic N) is 2. The van der Waals surface area contributed by atoms with Crippen molar-refractivity contribution in [1.29, 1.82) is 5.26 Å². The third kappa shape index (κ3) is 2.52. The minimum absolute atomic E-state index is 0.0515. The molecule has 100 valence electrons. The van der Waals surface area contributed by atoms with Crippen LogP contribution in [0.5, 0.6) is 11.6 Å². The zero-order chi connectivity index (χ0) is 14.5. The van der Waals surface area contributed by atoms with E-state index in [1.807, 2.05) is 6.07 Å². The molecule has 1 aromatic carbocycles. The molecule has 2 rings (SSSR count). The van der Waals surface area contributed by atoms with E-state index in [-0.39, 0.29) is 17.1 Å². The van der Waals surface area contributed by atoms with Crippen LogP contribution >= 0.6 is 0 Å². The molecular formula is C14H11N3O3. The van der Waals surface area contributed by atoms with E-state index < -0.39 is 5.97 Å². The molecule has 20 heavy (non-hydrogen) atoms. The number of carbonyl (C=O) groups is 1. The van der Waals surface area contributed by atoms with Crippen molar-refractivity contribution in [2.75, 3.05) is 12.8 Å². The fourth-order valence-electron chi connectivity index (χ4n) is 1.58. The largest absolute Gasteiger partial charge is 0.465 e. The number of nitriles is 1. The van der Waals surface area contributed by atoms with Crippen molar-refractivity contribution in [3.63, 3.8) is 0 Å². The number of rotatable bonds is 3.